The van der Waals surface area contributed by atoms with E-state index in [1.165, 1.54) is 12.1 Å². The highest BCUT2D eigenvalue weighted by Crippen LogP contribution is 2.49. The Bertz CT molecular complexity index is 954. The standard InChI is InChI=1S/C20H26F3NO5S/c1-12-16-10-13-6-7-14(29-30(26,27)20(21,22)23)11-15(13)19(12,5)8-9-24(16)17(25)28-18(2,3)4/h6-7,11-12,16H,8-10H2,1-5H3/t12?,16-,19-/m1/s1. The van der Waals surface area contributed by atoms with E-state index in [1.54, 1.807) is 31.7 Å². The van der Waals surface area contributed by atoms with Gasteiger partial charge >= 0.3 is 21.7 Å². The molecular formula is C20H26F3NO5S. The minimum atomic E-state index is -5.74. The van der Waals surface area contributed by atoms with Gasteiger partial charge in [0.05, 0.1) is 0 Å². The quantitative estimate of drug-likeness (QED) is 0.495. The first-order valence-corrected chi connectivity index (χ1v) is 11.1. The van der Waals surface area contributed by atoms with Crippen molar-refractivity contribution in [3.8, 4) is 5.75 Å². The van der Waals surface area contributed by atoms with Crippen LogP contribution in [0.5, 0.6) is 5.75 Å². The van der Waals surface area contributed by atoms with Crippen molar-refractivity contribution in [3.63, 3.8) is 0 Å². The highest BCUT2D eigenvalue weighted by molar-refractivity contribution is 7.88. The number of alkyl halides is 3. The van der Waals surface area contributed by atoms with Crippen molar-refractivity contribution in [2.75, 3.05) is 6.54 Å². The van der Waals surface area contributed by atoms with Crippen molar-refractivity contribution < 1.29 is 35.3 Å². The molecule has 30 heavy (non-hydrogen) atoms. The van der Waals surface area contributed by atoms with E-state index < -0.39 is 26.6 Å². The first kappa shape index (κ1) is 22.7. The van der Waals surface area contributed by atoms with Gasteiger partial charge in [-0.3, -0.25) is 0 Å². The zero-order chi connectivity index (χ0) is 22.7. The molecule has 1 amide bonds. The van der Waals surface area contributed by atoms with Gasteiger partial charge in [0.15, 0.2) is 0 Å². The Balaban J connectivity index is 1.93. The minimum absolute atomic E-state index is 0.0132. The highest BCUT2D eigenvalue weighted by Gasteiger charge is 2.51. The van der Waals surface area contributed by atoms with Gasteiger partial charge in [-0.05, 0) is 68.2 Å². The maximum Gasteiger partial charge on any atom is 0.534 e. The van der Waals surface area contributed by atoms with Crippen molar-refractivity contribution in [1.29, 1.82) is 0 Å². The second-order valence-electron chi connectivity index (χ2n) is 9.20. The van der Waals surface area contributed by atoms with E-state index in [4.69, 9.17) is 4.74 Å². The predicted octanol–water partition coefficient (Wildman–Crippen LogP) is 4.37. The lowest BCUT2D eigenvalue weighted by Crippen LogP contribution is -2.60. The number of fused-ring (bicyclic) bond motifs is 4. The summed E-state index contributed by atoms with van der Waals surface area (Å²) in [5, 5.41) is 0. The molecule has 10 heteroatoms. The third kappa shape index (κ3) is 3.98. The van der Waals surface area contributed by atoms with Gasteiger partial charge in [-0.1, -0.05) is 19.9 Å². The van der Waals surface area contributed by atoms with Gasteiger partial charge in [0.2, 0.25) is 0 Å². The number of carbonyl (C=O) groups is 1. The third-order valence-electron chi connectivity index (χ3n) is 6.10. The lowest BCUT2D eigenvalue weighted by molar-refractivity contribution is -0.0500. The maximum absolute atomic E-state index is 12.7. The van der Waals surface area contributed by atoms with E-state index in [1.807, 2.05) is 13.8 Å². The number of hydrogen-bond acceptors (Lipinski definition) is 5. The molecule has 1 saturated heterocycles. The lowest BCUT2D eigenvalue weighted by atomic mass is 9.59. The van der Waals surface area contributed by atoms with Crippen LogP contribution in [0, 0.1) is 5.92 Å². The highest BCUT2D eigenvalue weighted by atomic mass is 32.2. The van der Waals surface area contributed by atoms with Crippen LogP contribution in [-0.2, 0) is 26.7 Å². The molecule has 0 aromatic heterocycles. The molecule has 2 bridgehead atoms. The number of hydrogen-bond donors (Lipinski definition) is 0. The Kier molecular flexibility index (Phi) is 5.32. The van der Waals surface area contributed by atoms with E-state index in [-0.39, 0.29) is 23.8 Å². The van der Waals surface area contributed by atoms with Gasteiger partial charge in [0.1, 0.15) is 11.4 Å². The van der Waals surface area contributed by atoms with Crippen LogP contribution in [0.4, 0.5) is 18.0 Å². The molecule has 0 spiro atoms. The number of ether oxygens (including phenoxy) is 1. The summed E-state index contributed by atoms with van der Waals surface area (Å²) in [5.74, 6) is -0.381. The molecule has 3 rings (SSSR count). The molecule has 1 aliphatic carbocycles. The molecule has 1 aliphatic heterocycles. The molecule has 168 valence electrons. The molecule has 0 saturated carbocycles. The van der Waals surface area contributed by atoms with Gasteiger partial charge < -0.3 is 13.8 Å². The lowest BCUT2D eigenvalue weighted by Gasteiger charge is -2.54. The van der Waals surface area contributed by atoms with Gasteiger partial charge in [-0.2, -0.15) is 21.6 Å². The summed E-state index contributed by atoms with van der Waals surface area (Å²) >= 11 is 0. The monoisotopic (exact) mass is 449 g/mol. The summed E-state index contributed by atoms with van der Waals surface area (Å²) in [4.78, 5) is 14.4. The number of rotatable bonds is 2. The Labute approximate surface area is 174 Å². The Hall–Kier alpha value is -1.97. The van der Waals surface area contributed by atoms with Crippen LogP contribution in [0.2, 0.25) is 0 Å². The van der Waals surface area contributed by atoms with Crippen LogP contribution < -0.4 is 4.18 Å². The van der Waals surface area contributed by atoms with Gasteiger partial charge in [-0.15, -0.1) is 0 Å². The summed E-state index contributed by atoms with van der Waals surface area (Å²) in [6.45, 7) is 9.81. The second-order valence-corrected chi connectivity index (χ2v) is 10.7. The summed E-state index contributed by atoms with van der Waals surface area (Å²) in [5.41, 5.74) is -4.96. The fourth-order valence-corrected chi connectivity index (χ4v) is 4.82. The van der Waals surface area contributed by atoms with E-state index in [9.17, 15) is 26.4 Å². The number of carbonyl (C=O) groups excluding carboxylic acids is 1. The van der Waals surface area contributed by atoms with E-state index >= 15 is 0 Å². The SMILES string of the molecule is CC1[C@H]2Cc3ccc(OS(=O)(=O)C(F)(F)F)cc3[C@]1(C)CCN2C(=O)OC(C)(C)C. The van der Waals surface area contributed by atoms with Crippen LogP contribution in [0.15, 0.2) is 18.2 Å². The largest absolute Gasteiger partial charge is 0.534 e. The van der Waals surface area contributed by atoms with Crippen LogP contribution >= 0.6 is 0 Å². The molecule has 1 fully saturated rings. The molecule has 3 atom stereocenters. The third-order valence-corrected chi connectivity index (χ3v) is 7.08. The average Bonchev–Trinajstić information content (AvgIpc) is 2.55. The number of benzene rings is 1. The molecule has 1 aromatic rings. The number of amides is 1. The Morgan fingerprint density at radius 2 is 1.87 bits per heavy atom. The second kappa shape index (κ2) is 7.03. The van der Waals surface area contributed by atoms with E-state index in [0.29, 0.717) is 19.4 Å². The van der Waals surface area contributed by atoms with Crippen molar-refractivity contribution in [2.24, 2.45) is 5.92 Å². The summed E-state index contributed by atoms with van der Waals surface area (Å²) in [7, 11) is -5.74. The van der Waals surface area contributed by atoms with Crippen molar-refractivity contribution >= 4 is 16.2 Å². The molecule has 1 aromatic carbocycles. The van der Waals surface area contributed by atoms with Crippen LogP contribution in [0.3, 0.4) is 0 Å². The van der Waals surface area contributed by atoms with Crippen LogP contribution in [0.25, 0.3) is 0 Å². The molecule has 1 unspecified atom stereocenters. The smallest absolute Gasteiger partial charge is 0.444 e. The molecule has 6 nitrogen and oxygen atoms in total. The molecular weight excluding hydrogens is 423 g/mol. The number of likely N-dealkylation sites (tertiary alicyclic amines) is 1. The van der Waals surface area contributed by atoms with E-state index in [0.717, 1.165) is 11.1 Å². The summed E-state index contributed by atoms with van der Waals surface area (Å²) in [6, 6.07) is 4.05. The van der Waals surface area contributed by atoms with Crippen LogP contribution in [-0.4, -0.2) is 43.1 Å². The Morgan fingerprint density at radius 3 is 2.43 bits per heavy atom. The first-order valence-electron chi connectivity index (χ1n) is 9.69. The number of halogens is 3. The van der Waals surface area contributed by atoms with Crippen molar-refractivity contribution in [1.82, 2.24) is 4.90 Å². The van der Waals surface area contributed by atoms with Gasteiger partial charge in [0, 0.05) is 12.6 Å². The molecule has 2 aliphatic rings. The van der Waals surface area contributed by atoms with Crippen LogP contribution in [0.1, 0.15) is 52.2 Å². The average molecular weight is 449 g/mol. The maximum atomic E-state index is 12.7. The fraction of sp³-hybridized carbons (Fsp3) is 0.650. The Morgan fingerprint density at radius 1 is 1.23 bits per heavy atom. The predicted molar refractivity (Wildman–Crippen MR) is 104 cm³/mol. The van der Waals surface area contributed by atoms with Gasteiger partial charge in [0.25, 0.3) is 0 Å². The normalized spacial score (nSPS) is 26.7. The topological polar surface area (TPSA) is 72.9 Å². The first-order chi connectivity index (χ1) is 13.6. The zero-order valence-electron chi connectivity index (χ0n) is 17.5. The summed E-state index contributed by atoms with van der Waals surface area (Å²) < 4.78 is 70.6. The fourth-order valence-electron chi connectivity index (χ4n) is 4.37. The van der Waals surface area contributed by atoms with Crippen molar-refractivity contribution in [3.05, 3.63) is 29.3 Å². The summed E-state index contributed by atoms with van der Waals surface area (Å²) in [6.07, 6.45) is 0.672. The zero-order valence-corrected chi connectivity index (χ0v) is 18.4. The minimum Gasteiger partial charge on any atom is -0.444 e. The number of piperidine rings is 1. The molecule has 0 radical (unpaired) electrons. The molecule has 1 heterocycles. The van der Waals surface area contributed by atoms with E-state index in [2.05, 4.69) is 4.18 Å². The van der Waals surface area contributed by atoms with Crippen molar-refractivity contribution in [2.45, 2.75) is 70.0 Å². The molecule has 0 N–H and O–H groups in total. The number of nitrogens with zero attached hydrogens (tertiary/aromatic N) is 1. The van der Waals surface area contributed by atoms with Gasteiger partial charge in [-0.25, -0.2) is 4.79 Å².